The molecule has 0 N–H and O–H groups in total. The van der Waals surface area contributed by atoms with E-state index in [-0.39, 0.29) is 5.31 Å². The van der Waals surface area contributed by atoms with E-state index in [1.54, 1.807) is 0 Å². The van der Waals surface area contributed by atoms with Crippen molar-refractivity contribution in [2.24, 2.45) is 0 Å². The van der Waals surface area contributed by atoms with Gasteiger partial charge in [0.1, 0.15) is 13.6 Å². The van der Waals surface area contributed by atoms with Crippen LogP contribution in [0.15, 0.2) is 54.6 Å². The standard InChI is InChI=1S/C21H25BN2O/c1-5-24-20(25-18-11-9-15(2)10-12-18)14-19(23-24)16-7-6-8-17(13-16)21(3,4)22/h6-14H,5,22H2,1-4H3. The minimum atomic E-state index is 0.116. The lowest BCUT2D eigenvalue weighted by Gasteiger charge is -2.19. The molecule has 0 bridgehead atoms. The Hall–Kier alpha value is -2.49. The quantitative estimate of drug-likeness (QED) is 0.642. The molecule has 0 saturated carbocycles. The van der Waals surface area contributed by atoms with Gasteiger partial charge in [-0.25, -0.2) is 4.68 Å². The zero-order chi connectivity index (χ0) is 18.0. The lowest BCUT2D eigenvalue weighted by molar-refractivity contribution is 0.417. The average molecular weight is 332 g/mol. The monoisotopic (exact) mass is 332 g/mol. The molecule has 1 heterocycles. The smallest absolute Gasteiger partial charge is 0.218 e. The summed E-state index contributed by atoms with van der Waals surface area (Å²) >= 11 is 0. The van der Waals surface area contributed by atoms with Crippen molar-refractivity contribution in [1.29, 1.82) is 0 Å². The van der Waals surface area contributed by atoms with E-state index in [9.17, 15) is 0 Å². The highest BCUT2D eigenvalue weighted by atomic mass is 16.5. The number of aryl methyl sites for hydroxylation is 2. The van der Waals surface area contributed by atoms with Gasteiger partial charge < -0.3 is 4.74 Å². The normalized spacial score (nSPS) is 11.5. The summed E-state index contributed by atoms with van der Waals surface area (Å²) in [5.41, 5.74) is 4.58. The van der Waals surface area contributed by atoms with E-state index in [1.165, 1.54) is 11.1 Å². The van der Waals surface area contributed by atoms with Crippen molar-refractivity contribution in [2.75, 3.05) is 0 Å². The van der Waals surface area contributed by atoms with E-state index in [4.69, 9.17) is 9.84 Å². The average Bonchev–Trinajstić information content (AvgIpc) is 2.99. The van der Waals surface area contributed by atoms with Crippen LogP contribution in [-0.4, -0.2) is 17.6 Å². The van der Waals surface area contributed by atoms with Gasteiger partial charge in [-0.15, -0.1) is 0 Å². The number of hydrogen-bond acceptors (Lipinski definition) is 2. The maximum Gasteiger partial charge on any atom is 0.218 e. The highest BCUT2D eigenvalue weighted by Crippen LogP contribution is 2.30. The van der Waals surface area contributed by atoms with Crippen LogP contribution in [0.2, 0.25) is 0 Å². The molecule has 0 spiro atoms. The predicted molar refractivity (Wildman–Crippen MR) is 106 cm³/mol. The van der Waals surface area contributed by atoms with E-state index in [2.05, 4.69) is 71.9 Å². The maximum atomic E-state index is 6.06. The summed E-state index contributed by atoms with van der Waals surface area (Å²) in [6, 6.07) is 18.7. The zero-order valence-corrected chi connectivity index (χ0v) is 15.7. The molecule has 0 atom stereocenters. The Bertz CT molecular complexity index is 860. The number of aromatic nitrogens is 2. The first kappa shape index (κ1) is 17.3. The summed E-state index contributed by atoms with van der Waals surface area (Å²) in [7, 11) is 2.22. The molecule has 0 aliphatic heterocycles. The highest BCUT2D eigenvalue weighted by Gasteiger charge is 2.16. The molecule has 128 valence electrons. The van der Waals surface area contributed by atoms with Crippen molar-refractivity contribution in [3.63, 3.8) is 0 Å². The maximum absolute atomic E-state index is 6.06. The minimum absolute atomic E-state index is 0.116. The molecule has 3 aromatic rings. The lowest BCUT2D eigenvalue weighted by Crippen LogP contribution is -2.16. The van der Waals surface area contributed by atoms with Gasteiger partial charge in [0.05, 0.1) is 5.69 Å². The van der Waals surface area contributed by atoms with Crippen LogP contribution < -0.4 is 4.74 Å². The van der Waals surface area contributed by atoms with E-state index in [0.717, 1.165) is 29.4 Å². The SMILES string of the molecule is BC(C)(C)c1cccc(-c2cc(Oc3ccc(C)cc3)n(CC)n2)c1. The van der Waals surface area contributed by atoms with Crippen molar-refractivity contribution in [1.82, 2.24) is 9.78 Å². The van der Waals surface area contributed by atoms with Crippen LogP contribution in [0, 0.1) is 6.92 Å². The van der Waals surface area contributed by atoms with E-state index < -0.39 is 0 Å². The molecule has 3 rings (SSSR count). The molecule has 0 fully saturated rings. The molecule has 0 amide bonds. The second kappa shape index (κ2) is 6.79. The van der Waals surface area contributed by atoms with Crippen LogP contribution >= 0.6 is 0 Å². The first-order chi connectivity index (χ1) is 11.9. The molecule has 0 radical (unpaired) electrons. The van der Waals surface area contributed by atoms with Crippen molar-refractivity contribution < 1.29 is 4.74 Å². The Kier molecular flexibility index (Phi) is 4.71. The zero-order valence-electron chi connectivity index (χ0n) is 15.7. The molecular weight excluding hydrogens is 307 g/mol. The van der Waals surface area contributed by atoms with Gasteiger partial charge in [-0.05, 0) is 42.9 Å². The van der Waals surface area contributed by atoms with Gasteiger partial charge in [-0.3, -0.25) is 0 Å². The topological polar surface area (TPSA) is 27.1 Å². The summed E-state index contributed by atoms with van der Waals surface area (Å²) < 4.78 is 7.96. The summed E-state index contributed by atoms with van der Waals surface area (Å²) in [5, 5.41) is 4.84. The number of benzene rings is 2. The number of nitrogens with zero attached hydrogens (tertiary/aromatic N) is 2. The Morgan fingerprint density at radius 1 is 1.08 bits per heavy atom. The lowest BCUT2D eigenvalue weighted by atomic mass is 9.67. The number of rotatable bonds is 5. The molecule has 0 unspecified atom stereocenters. The summed E-state index contributed by atoms with van der Waals surface area (Å²) in [6.07, 6.45) is 0. The first-order valence-corrected chi connectivity index (χ1v) is 8.80. The molecule has 2 aromatic carbocycles. The Morgan fingerprint density at radius 2 is 1.80 bits per heavy atom. The molecule has 1 aromatic heterocycles. The summed E-state index contributed by atoms with van der Waals surface area (Å²) in [4.78, 5) is 0. The Morgan fingerprint density at radius 3 is 2.44 bits per heavy atom. The molecular formula is C21H25BN2O. The van der Waals surface area contributed by atoms with Crippen LogP contribution in [-0.2, 0) is 11.9 Å². The molecule has 0 saturated heterocycles. The van der Waals surface area contributed by atoms with Crippen molar-refractivity contribution in [3.05, 3.63) is 65.7 Å². The third-order valence-electron chi connectivity index (χ3n) is 4.31. The largest absolute Gasteiger partial charge is 0.439 e. The van der Waals surface area contributed by atoms with Crippen molar-refractivity contribution >= 4 is 7.85 Å². The summed E-state index contributed by atoms with van der Waals surface area (Å²) in [6.45, 7) is 9.36. The summed E-state index contributed by atoms with van der Waals surface area (Å²) in [5.74, 6) is 1.60. The predicted octanol–water partition coefficient (Wildman–Crippen LogP) is 4.54. The molecule has 25 heavy (non-hydrogen) atoms. The Balaban J connectivity index is 1.94. The second-order valence-electron chi connectivity index (χ2n) is 7.43. The van der Waals surface area contributed by atoms with Gasteiger partial charge in [0.15, 0.2) is 0 Å². The van der Waals surface area contributed by atoms with Gasteiger partial charge >= 0.3 is 0 Å². The minimum Gasteiger partial charge on any atom is -0.439 e. The van der Waals surface area contributed by atoms with Crippen LogP contribution in [0.3, 0.4) is 0 Å². The highest BCUT2D eigenvalue weighted by molar-refractivity contribution is 6.15. The van der Waals surface area contributed by atoms with E-state index in [1.807, 2.05) is 22.9 Å². The van der Waals surface area contributed by atoms with Crippen LogP contribution in [0.5, 0.6) is 11.6 Å². The van der Waals surface area contributed by atoms with Crippen molar-refractivity contribution in [3.8, 4) is 22.9 Å². The molecule has 4 heteroatoms. The fourth-order valence-corrected chi connectivity index (χ4v) is 2.72. The van der Waals surface area contributed by atoms with Gasteiger partial charge in [0.25, 0.3) is 0 Å². The fraction of sp³-hybridized carbons (Fsp3) is 0.286. The molecule has 0 aliphatic carbocycles. The van der Waals surface area contributed by atoms with Crippen LogP contribution in [0.4, 0.5) is 0 Å². The Labute approximate surface area is 151 Å². The van der Waals surface area contributed by atoms with Gasteiger partial charge in [0.2, 0.25) is 5.88 Å². The van der Waals surface area contributed by atoms with Gasteiger partial charge in [-0.2, -0.15) is 5.10 Å². The number of hydrogen-bond donors (Lipinski definition) is 0. The third-order valence-corrected chi connectivity index (χ3v) is 4.31. The van der Waals surface area contributed by atoms with E-state index >= 15 is 0 Å². The molecule has 3 nitrogen and oxygen atoms in total. The van der Waals surface area contributed by atoms with Crippen molar-refractivity contribution in [2.45, 2.75) is 39.6 Å². The second-order valence-corrected chi connectivity index (χ2v) is 7.43. The third kappa shape index (κ3) is 3.96. The number of ether oxygens (including phenoxy) is 1. The van der Waals surface area contributed by atoms with Crippen LogP contribution in [0.25, 0.3) is 11.3 Å². The van der Waals surface area contributed by atoms with Crippen LogP contribution in [0.1, 0.15) is 31.9 Å². The van der Waals surface area contributed by atoms with E-state index in [0.29, 0.717) is 0 Å². The van der Waals surface area contributed by atoms with Gasteiger partial charge in [0, 0.05) is 18.2 Å². The van der Waals surface area contributed by atoms with Gasteiger partial charge in [-0.1, -0.05) is 49.7 Å². The first-order valence-electron chi connectivity index (χ1n) is 8.80. The molecule has 0 aliphatic rings. The fourth-order valence-electron chi connectivity index (χ4n) is 2.72.